The molecule has 0 fully saturated rings. The van der Waals surface area contributed by atoms with E-state index in [1.807, 2.05) is 72.8 Å². The maximum absolute atomic E-state index is 14.2. The summed E-state index contributed by atoms with van der Waals surface area (Å²) in [4.78, 5) is 29.3. The van der Waals surface area contributed by atoms with E-state index in [-0.39, 0.29) is 17.4 Å². The van der Waals surface area contributed by atoms with Gasteiger partial charge in [-0.25, -0.2) is 0 Å². The van der Waals surface area contributed by atoms with Crippen LogP contribution in [-0.2, 0) is 28.0 Å². The number of likely N-dealkylation sites (N-methyl/N-ethyl adjacent to an activating group) is 1. The summed E-state index contributed by atoms with van der Waals surface area (Å²) in [6, 6.07) is 25.2. The summed E-state index contributed by atoms with van der Waals surface area (Å²) in [5, 5.41) is 2.05. The summed E-state index contributed by atoms with van der Waals surface area (Å²) < 4.78 is 0. The third kappa shape index (κ3) is 3.97. The number of amides is 2. The highest BCUT2D eigenvalue weighted by Gasteiger charge is 2.50. The fraction of sp³-hybridized carbons (Fsp3) is 0.172. The first-order valence-corrected chi connectivity index (χ1v) is 12.3. The van der Waals surface area contributed by atoms with Gasteiger partial charge >= 0.3 is 0 Å². The average molecular weight is 503 g/mol. The highest BCUT2D eigenvalue weighted by Crippen LogP contribution is 2.44. The zero-order chi connectivity index (χ0) is 24.6. The smallest absolute Gasteiger partial charge is 0.256 e. The minimum atomic E-state index is -1.34. The van der Waals surface area contributed by atoms with E-state index >= 15 is 0 Å². The number of carbonyl (C=O) groups excluding carboxylic acids is 2. The Labute approximate surface area is 214 Å². The van der Waals surface area contributed by atoms with Crippen LogP contribution in [0.25, 0.3) is 0 Å². The van der Waals surface area contributed by atoms with Gasteiger partial charge in [0.15, 0.2) is 0 Å². The van der Waals surface area contributed by atoms with Crippen LogP contribution in [0, 0.1) is 0 Å². The molecule has 0 saturated heterocycles. The maximum Gasteiger partial charge on any atom is 0.256 e. The Morgan fingerprint density at radius 2 is 1.54 bits per heavy atom. The monoisotopic (exact) mass is 502 g/mol. The summed E-state index contributed by atoms with van der Waals surface area (Å²) in [5.74, 6) is -0.605. The van der Waals surface area contributed by atoms with Gasteiger partial charge in [0.25, 0.3) is 5.91 Å². The minimum absolute atomic E-state index is 0.274. The number of alkyl halides is 1. The number of hydrogen-bond donors (Lipinski definition) is 1. The lowest BCUT2D eigenvalue weighted by Crippen LogP contribution is -2.52. The van der Waals surface area contributed by atoms with Gasteiger partial charge in [0.1, 0.15) is 5.41 Å². The number of benzene rings is 3. The van der Waals surface area contributed by atoms with Crippen molar-refractivity contribution in [2.45, 2.75) is 23.8 Å². The van der Waals surface area contributed by atoms with Gasteiger partial charge in [-0.05, 0) is 46.9 Å². The van der Waals surface area contributed by atoms with Gasteiger partial charge in [-0.2, -0.15) is 0 Å². The van der Waals surface area contributed by atoms with Crippen molar-refractivity contribution in [3.8, 4) is 0 Å². The molecule has 0 saturated carbocycles. The van der Waals surface area contributed by atoms with Crippen LogP contribution in [0.5, 0.6) is 0 Å². The van der Waals surface area contributed by atoms with Crippen LogP contribution >= 0.6 is 23.2 Å². The molecule has 4 nitrogen and oxygen atoms in total. The van der Waals surface area contributed by atoms with Gasteiger partial charge in [-0.3, -0.25) is 9.59 Å². The Kier molecular flexibility index (Phi) is 6.26. The van der Waals surface area contributed by atoms with Crippen LogP contribution in [0.2, 0.25) is 0 Å². The van der Waals surface area contributed by atoms with Crippen LogP contribution in [0.3, 0.4) is 0 Å². The summed E-state index contributed by atoms with van der Waals surface area (Å²) in [6.07, 6.45) is 3.96. The molecule has 1 aliphatic heterocycles. The van der Waals surface area contributed by atoms with Crippen molar-refractivity contribution < 1.29 is 9.59 Å². The molecule has 0 bridgehead atoms. The Bertz CT molecular complexity index is 1370. The fourth-order valence-corrected chi connectivity index (χ4v) is 5.77. The highest BCUT2D eigenvalue weighted by molar-refractivity contribution is 6.35. The molecule has 1 aliphatic carbocycles. The van der Waals surface area contributed by atoms with Gasteiger partial charge in [0.2, 0.25) is 5.91 Å². The number of anilines is 1. The van der Waals surface area contributed by atoms with E-state index in [0.29, 0.717) is 17.1 Å². The van der Waals surface area contributed by atoms with E-state index in [9.17, 15) is 9.59 Å². The standard InChI is InChI=1S/C29H24Cl2N2O2/c1-32-28(35)29(22-12-3-2-4-13-22)17-23(30)16-24(26(29)31)27(34)33-18-21-11-6-5-9-19(21)15-20-10-7-8-14-25(20)33/h2-14,16-17,26H,15,18H2,1H3,(H,32,35). The number of fused-ring (bicyclic) bond motifs is 2. The maximum atomic E-state index is 14.2. The first-order chi connectivity index (χ1) is 17.0. The molecule has 35 heavy (non-hydrogen) atoms. The van der Waals surface area contributed by atoms with Crippen molar-refractivity contribution in [2.24, 2.45) is 0 Å². The van der Waals surface area contributed by atoms with Gasteiger partial charge < -0.3 is 10.2 Å². The van der Waals surface area contributed by atoms with Gasteiger partial charge in [0, 0.05) is 23.3 Å². The van der Waals surface area contributed by atoms with Crippen molar-refractivity contribution >= 4 is 40.7 Å². The van der Waals surface area contributed by atoms with Crippen molar-refractivity contribution in [1.29, 1.82) is 0 Å². The van der Waals surface area contributed by atoms with Gasteiger partial charge in [-0.1, -0.05) is 84.4 Å². The molecule has 1 N–H and O–H groups in total. The molecule has 2 aliphatic rings. The van der Waals surface area contributed by atoms with Crippen LogP contribution in [-0.4, -0.2) is 24.2 Å². The number of allylic oxidation sites excluding steroid dienone is 2. The lowest BCUT2D eigenvalue weighted by atomic mass is 9.71. The van der Waals surface area contributed by atoms with E-state index in [0.717, 1.165) is 23.2 Å². The SMILES string of the molecule is CNC(=O)C1(c2ccccc2)C=C(Cl)C=C(C(=O)N2Cc3ccccc3Cc3ccccc32)C1Cl. The summed E-state index contributed by atoms with van der Waals surface area (Å²) in [6.45, 7) is 0.395. The van der Waals surface area contributed by atoms with Crippen LogP contribution in [0.1, 0.15) is 22.3 Å². The van der Waals surface area contributed by atoms with Crippen LogP contribution in [0.15, 0.2) is 102 Å². The van der Waals surface area contributed by atoms with Crippen molar-refractivity contribution in [2.75, 3.05) is 11.9 Å². The molecule has 0 radical (unpaired) electrons. The van der Waals surface area contributed by atoms with Crippen molar-refractivity contribution in [1.82, 2.24) is 5.32 Å². The van der Waals surface area contributed by atoms with E-state index in [1.165, 1.54) is 5.56 Å². The topological polar surface area (TPSA) is 49.4 Å². The molecular formula is C29H24Cl2N2O2. The number of halogens is 2. The van der Waals surface area contributed by atoms with Gasteiger partial charge in [-0.15, -0.1) is 11.6 Å². The highest BCUT2D eigenvalue weighted by atomic mass is 35.5. The van der Waals surface area contributed by atoms with E-state index in [4.69, 9.17) is 23.2 Å². The van der Waals surface area contributed by atoms with E-state index in [1.54, 1.807) is 24.1 Å². The summed E-state index contributed by atoms with van der Waals surface area (Å²) >= 11 is 13.7. The summed E-state index contributed by atoms with van der Waals surface area (Å²) in [7, 11) is 1.56. The van der Waals surface area contributed by atoms with E-state index < -0.39 is 10.8 Å². The van der Waals surface area contributed by atoms with Crippen molar-refractivity contribution in [3.05, 3.63) is 124 Å². The Hall–Kier alpha value is -3.34. The van der Waals surface area contributed by atoms with E-state index in [2.05, 4.69) is 11.4 Å². The molecule has 0 spiro atoms. The Morgan fingerprint density at radius 3 is 2.26 bits per heavy atom. The zero-order valence-electron chi connectivity index (χ0n) is 19.2. The number of rotatable bonds is 3. The van der Waals surface area contributed by atoms with Crippen LogP contribution < -0.4 is 10.2 Å². The fourth-order valence-electron chi connectivity index (χ4n) is 5.04. The first-order valence-electron chi connectivity index (χ1n) is 11.4. The molecule has 6 heteroatoms. The predicted octanol–water partition coefficient (Wildman–Crippen LogP) is 5.48. The predicted molar refractivity (Wildman–Crippen MR) is 141 cm³/mol. The molecule has 1 heterocycles. The molecule has 3 aromatic rings. The molecule has 3 aromatic carbocycles. The largest absolute Gasteiger partial charge is 0.358 e. The molecule has 2 atom stereocenters. The first kappa shape index (κ1) is 23.4. The third-order valence-corrected chi connectivity index (χ3v) is 7.59. The zero-order valence-corrected chi connectivity index (χ0v) is 20.7. The quantitative estimate of drug-likeness (QED) is 0.482. The van der Waals surface area contributed by atoms with Crippen molar-refractivity contribution in [3.63, 3.8) is 0 Å². The lowest BCUT2D eigenvalue weighted by Gasteiger charge is -2.38. The normalized spacial score (nSPS) is 21.1. The number of para-hydroxylation sites is 1. The van der Waals surface area contributed by atoms with Crippen LogP contribution in [0.4, 0.5) is 5.69 Å². The second kappa shape index (κ2) is 9.37. The molecule has 5 rings (SSSR count). The number of hydrogen-bond acceptors (Lipinski definition) is 2. The Morgan fingerprint density at radius 1 is 0.914 bits per heavy atom. The lowest BCUT2D eigenvalue weighted by molar-refractivity contribution is -0.124. The molecule has 176 valence electrons. The second-order valence-corrected chi connectivity index (χ2v) is 9.64. The second-order valence-electron chi connectivity index (χ2n) is 8.77. The average Bonchev–Trinajstić information content (AvgIpc) is 3.06. The molecule has 0 aromatic heterocycles. The minimum Gasteiger partial charge on any atom is -0.358 e. The summed E-state index contributed by atoms with van der Waals surface area (Å²) in [5.41, 5.74) is 3.74. The van der Waals surface area contributed by atoms with Gasteiger partial charge in [0.05, 0.1) is 11.9 Å². The molecule has 2 unspecified atom stereocenters. The number of nitrogens with one attached hydrogen (secondary N) is 1. The Balaban J connectivity index is 1.63. The molecule has 2 amide bonds. The third-order valence-electron chi connectivity index (χ3n) is 6.79. The number of carbonyl (C=O) groups is 2. The molecular weight excluding hydrogens is 479 g/mol. The number of nitrogens with zero attached hydrogens (tertiary/aromatic N) is 1.